The van der Waals surface area contributed by atoms with E-state index in [2.05, 4.69) is 15.5 Å². The smallest absolute Gasteiger partial charge is 0.253 e. The number of rotatable bonds is 3. The Labute approximate surface area is 98.5 Å². The molecule has 0 aliphatic carbocycles. The van der Waals surface area contributed by atoms with E-state index in [9.17, 15) is 4.79 Å². The summed E-state index contributed by atoms with van der Waals surface area (Å²) in [6.07, 6.45) is 1.58. The SMILES string of the molecule is Cn1cnnc1CNC(=O)c1ccccc1N. The van der Waals surface area contributed by atoms with Crippen LogP contribution in [0, 0.1) is 0 Å². The molecule has 17 heavy (non-hydrogen) atoms. The van der Waals surface area contributed by atoms with Gasteiger partial charge in [-0.1, -0.05) is 12.1 Å². The van der Waals surface area contributed by atoms with Crippen LogP contribution in [0.2, 0.25) is 0 Å². The second kappa shape index (κ2) is 4.65. The maximum Gasteiger partial charge on any atom is 0.253 e. The Morgan fingerprint density at radius 3 is 2.88 bits per heavy atom. The number of para-hydroxylation sites is 1. The Kier molecular flexibility index (Phi) is 3.04. The molecule has 1 aromatic carbocycles. The summed E-state index contributed by atoms with van der Waals surface area (Å²) in [5.41, 5.74) is 6.63. The van der Waals surface area contributed by atoms with Crippen molar-refractivity contribution in [2.45, 2.75) is 6.54 Å². The lowest BCUT2D eigenvalue weighted by atomic mass is 10.1. The summed E-state index contributed by atoms with van der Waals surface area (Å²) < 4.78 is 1.74. The average molecular weight is 231 g/mol. The van der Waals surface area contributed by atoms with Gasteiger partial charge in [0.2, 0.25) is 0 Å². The van der Waals surface area contributed by atoms with Gasteiger partial charge in [-0.3, -0.25) is 4.79 Å². The Morgan fingerprint density at radius 2 is 2.24 bits per heavy atom. The van der Waals surface area contributed by atoms with Crippen molar-refractivity contribution >= 4 is 11.6 Å². The Bertz CT molecular complexity index is 534. The molecule has 0 aliphatic rings. The van der Waals surface area contributed by atoms with Crippen LogP contribution in [-0.2, 0) is 13.6 Å². The summed E-state index contributed by atoms with van der Waals surface area (Å²) >= 11 is 0. The molecule has 88 valence electrons. The van der Waals surface area contributed by atoms with Crippen LogP contribution < -0.4 is 11.1 Å². The number of nitrogens with one attached hydrogen (secondary N) is 1. The third kappa shape index (κ3) is 2.41. The van der Waals surface area contributed by atoms with E-state index in [-0.39, 0.29) is 5.91 Å². The number of nitrogens with zero attached hydrogens (tertiary/aromatic N) is 3. The standard InChI is InChI=1S/C11H13N5O/c1-16-7-14-15-10(16)6-13-11(17)8-4-2-3-5-9(8)12/h2-5,7H,6,12H2,1H3,(H,13,17). The van der Waals surface area contributed by atoms with Gasteiger partial charge in [0.1, 0.15) is 6.33 Å². The highest BCUT2D eigenvalue weighted by molar-refractivity contribution is 5.98. The number of carbonyl (C=O) groups is 1. The van der Waals surface area contributed by atoms with Crippen molar-refractivity contribution in [1.29, 1.82) is 0 Å². The van der Waals surface area contributed by atoms with Crippen LogP contribution in [0.5, 0.6) is 0 Å². The van der Waals surface area contributed by atoms with Crippen molar-refractivity contribution in [1.82, 2.24) is 20.1 Å². The van der Waals surface area contributed by atoms with Crippen molar-refractivity contribution in [2.24, 2.45) is 7.05 Å². The van der Waals surface area contributed by atoms with E-state index in [0.29, 0.717) is 23.6 Å². The van der Waals surface area contributed by atoms with Crippen molar-refractivity contribution < 1.29 is 4.79 Å². The first-order valence-corrected chi connectivity index (χ1v) is 5.14. The van der Waals surface area contributed by atoms with Crippen molar-refractivity contribution in [3.05, 3.63) is 42.0 Å². The Morgan fingerprint density at radius 1 is 1.47 bits per heavy atom. The molecule has 0 fully saturated rings. The fraction of sp³-hybridized carbons (Fsp3) is 0.182. The third-order valence-electron chi connectivity index (χ3n) is 2.42. The van der Waals surface area contributed by atoms with Gasteiger partial charge < -0.3 is 15.6 Å². The van der Waals surface area contributed by atoms with Gasteiger partial charge in [-0.2, -0.15) is 0 Å². The molecular formula is C11H13N5O. The van der Waals surface area contributed by atoms with Crippen LogP contribution in [0.25, 0.3) is 0 Å². The lowest BCUT2D eigenvalue weighted by molar-refractivity contribution is 0.0950. The number of nitrogen functional groups attached to an aromatic ring is 1. The highest BCUT2D eigenvalue weighted by atomic mass is 16.1. The molecule has 6 nitrogen and oxygen atoms in total. The molecule has 0 saturated heterocycles. The number of aryl methyl sites for hydroxylation is 1. The van der Waals surface area contributed by atoms with E-state index < -0.39 is 0 Å². The molecular weight excluding hydrogens is 218 g/mol. The van der Waals surface area contributed by atoms with Gasteiger partial charge >= 0.3 is 0 Å². The lowest BCUT2D eigenvalue weighted by Crippen LogP contribution is -2.25. The first-order valence-electron chi connectivity index (χ1n) is 5.14. The summed E-state index contributed by atoms with van der Waals surface area (Å²) in [6.45, 7) is 0.323. The van der Waals surface area contributed by atoms with E-state index in [1.807, 2.05) is 7.05 Å². The number of nitrogens with two attached hydrogens (primary N) is 1. The topological polar surface area (TPSA) is 85.8 Å². The fourth-order valence-electron chi connectivity index (χ4n) is 1.43. The molecule has 2 aromatic rings. The van der Waals surface area contributed by atoms with E-state index in [1.165, 1.54) is 0 Å². The Hall–Kier alpha value is -2.37. The Balaban J connectivity index is 2.04. The van der Waals surface area contributed by atoms with Gasteiger partial charge in [-0.25, -0.2) is 0 Å². The predicted molar refractivity (Wildman–Crippen MR) is 63.0 cm³/mol. The van der Waals surface area contributed by atoms with Crippen LogP contribution in [0.1, 0.15) is 16.2 Å². The van der Waals surface area contributed by atoms with Crippen LogP contribution in [0.15, 0.2) is 30.6 Å². The average Bonchev–Trinajstić information content (AvgIpc) is 2.72. The zero-order valence-electron chi connectivity index (χ0n) is 9.42. The molecule has 2 rings (SSSR count). The molecule has 0 atom stereocenters. The molecule has 0 bridgehead atoms. The minimum Gasteiger partial charge on any atom is -0.398 e. The summed E-state index contributed by atoms with van der Waals surface area (Å²) in [6, 6.07) is 6.93. The molecule has 1 amide bonds. The van der Waals surface area contributed by atoms with Gasteiger partial charge in [0.25, 0.3) is 5.91 Å². The maximum atomic E-state index is 11.8. The number of hydrogen-bond acceptors (Lipinski definition) is 4. The number of benzene rings is 1. The van der Waals surface area contributed by atoms with Gasteiger partial charge in [0.05, 0.1) is 12.1 Å². The first kappa shape index (κ1) is 11.1. The van der Waals surface area contributed by atoms with Gasteiger partial charge in [-0.15, -0.1) is 10.2 Å². The van der Waals surface area contributed by atoms with E-state index in [0.717, 1.165) is 0 Å². The molecule has 1 aromatic heterocycles. The summed E-state index contributed by atoms with van der Waals surface area (Å²) in [4.78, 5) is 11.8. The minimum absolute atomic E-state index is 0.217. The molecule has 3 N–H and O–H groups in total. The highest BCUT2D eigenvalue weighted by Gasteiger charge is 2.09. The summed E-state index contributed by atoms with van der Waals surface area (Å²) in [5.74, 6) is 0.471. The molecule has 1 heterocycles. The number of aromatic nitrogens is 3. The van der Waals surface area contributed by atoms with Crippen LogP contribution in [0.3, 0.4) is 0 Å². The summed E-state index contributed by atoms with van der Waals surface area (Å²) in [7, 11) is 1.82. The lowest BCUT2D eigenvalue weighted by Gasteiger charge is -2.06. The van der Waals surface area contributed by atoms with Gasteiger partial charge in [0, 0.05) is 12.7 Å². The summed E-state index contributed by atoms with van der Waals surface area (Å²) in [5, 5.41) is 10.3. The van der Waals surface area contributed by atoms with E-state index in [4.69, 9.17) is 5.73 Å². The zero-order chi connectivity index (χ0) is 12.3. The van der Waals surface area contributed by atoms with Gasteiger partial charge in [0.15, 0.2) is 5.82 Å². The second-order valence-corrected chi connectivity index (χ2v) is 3.63. The maximum absolute atomic E-state index is 11.8. The van der Waals surface area contributed by atoms with E-state index >= 15 is 0 Å². The molecule has 0 radical (unpaired) electrons. The normalized spacial score (nSPS) is 10.2. The third-order valence-corrected chi connectivity index (χ3v) is 2.42. The number of carbonyl (C=O) groups excluding carboxylic acids is 1. The first-order chi connectivity index (χ1) is 8.18. The quantitative estimate of drug-likeness (QED) is 0.745. The van der Waals surface area contributed by atoms with Crippen LogP contribution >= 0.6 is 0 Å². The number of amides is 1. The van der Waals surface area contributed by atoms with Gasteiger partial charge in [-0.05, 0) is 12.1 Å². The monoisotopic (exact) mass is 231 g/mol. The zero-order valence-corrected chi connectivity index (χ0v) is 9.42. The largest absolute Gasteiger partial charge is 0.398 e. The highest BCUT2D eigenvalue weighted by Crippen LogP contribution is 2.09. The van der Waals surface area contributed by atoms with Crippen molar-refractivity contribution in [3.8, 4) is 0 Å². The number of hydrogen-bond donors (Lipinski definition) is 2. The van der Waals surface area contributed by atoms with Crippen LogP contribution in [0.4, 0.5) is 5.69 Å². The molecule has 0 spiro atoms. The minimum atomic E-state index is -0.217. The van der Waals surface area contributed by atoms with E-state index in [1.54, 1.807) is 35.2 Å². The molecule has 0 saturated carbocycles. The molecule has 0 unspecified atom stereocenters. The fourth-order valence-corrected chi connectivity index (χ4v) is 1.43. The molecule has 0 aliphatic heterocycles. The second-order valence-electron chi connectivity index (χ2n) is 3.63. The van der Waals surface area contributed by atoms with Crippen LogP contribution in [-0.4, -0.2) is 20.7 Å². The number of anilines is 1. The van der Waals surface area contributed by atoms with Crippen molar-refractivity contribution in [3.63, 3.8) is 0 Å². The van der Waals surface area contributed by atoms with Crippen molar-refractivity contribution in [2.75, 3.05) is 5.73 Å². The molecule has 6 heteroatoms. The predicted octanol–water partition coefficient (Wildman–Crippen LogP) is 0.327.